The predicted octanol–water partition coefficient (Wildman–Crippen LogP) is 4.04. The Kier molecular flexibility index (Phi) is 3.47. The largest absolute Gasteiger partial charge is 0.309 e. The molecule has 0 aliphatic heterocycles. The quantitative estimate of drug-likeness (QED) is 0.868. The van der Waals surface area contributed by atoms with Gasteiger partial charge in [-0.15, -0.1) is 22.7 Å². The summed E-state index contributed by atoms with van der Waals surface area (Å²) in [6, 6.07) is 4.92. The number of hydrogen-bond donors (Lipinski definition) is 1. The maximum atomic E-state index is 3.41. The molecule has 0 aromatic carbocycles. The number of aryl methyl sites for hydroxylation is 3. The second-order valence-corrected chi connectivity index (χ2v) is 6.50. The van der Waals surface area contributed by atoms with Gasteiger partial charge in [-0.2, -0.15) is 0 Å². The van der Waals surface area contributed by atoms with Crippen LogP contribution in [0.5, 0.6) is 0 Å². The first-order valence-electron chi connectivity index (χ1n) is 5.41. The third-order valence-electron chi connectivity index (χ3n) is 2.84. The summed E-state index contributed by atoms with van der Waals surface area (Å²) in [6.07, 6.45) is 0. The third kappa shape index (κ3) is 2.21. The molecule has 86 valence electrons. The average Bonchev–Trinajstić information content (AvgIpc) is 2.77. The first-order valence-corrected chi connectivity index (χ1v) is 7.10. The van der Waals surface area contributed by atoms with Gasteiger partial charge in [-0.3, -0.25) is 0 Å². The number of nitrogens with one attached hydrogen (secondary N) is 1. The molecular weight excluding hydrogens is 234 g/mol. The van der Waals surface area contributed by atoms with Gasteiger partial charge in [-0.05, 0) is 56.5 Å². The molecule has 1 nitrogen and oxygen atoms in total. The molecule has 16 heavy (non-hydrogen) atoms. The molecule has 0 amide bonds. The lowest BCUT2D eigenvalue weighted by molar-refractivity contribution is 0.706. The van der Waals surface area contributed by atoms with Gasteiger partial charge >= 0.3 is 0 Å². The van der Waals surface area contributed by atoms with Gasteiger partial charge in [0.1, 0.15) is 0 Å². The van der Waals surface area contributed by atoms with E-state index in [4.69, 9.17) is 0 Å². The van der Waals surface area contributed by atoms with Crippen molar-refractivity contribution in [1.29, 1.82) is 0 Å². The van der Waals surface area contributed by atoms with E-state index in [-0.39, 0.29) is 0 Å². The first kappa shape index (κ1) is 11.8. The van der Waals surface area contributed by atoms with Crippen LogP contribution >= 0.6 is 22.7 Å². The van der Waals surface area contributed by atoms with Crippen molar-refractivity contribution in [2.24, 2.45) is 0 Å². The summed E-state index contributed by atoms with van der Waals surface area (Å²) < 4.78 is 0. The molecule has 0 aliphatic carbocycles. The Morgan fingerprint density at radius 2 is 1.94 bits per heavy atom. The maximum absolute atomic E-state index is 3.41. The highest BCUT2D eigenvalue weighted by molar-refractivity contribution is 7.12. The summed E-state index contributed by atoms with van der Waals surface area (Å²) in [5.74, 6) is 0. The smallest absolute Gasteiger partial charge is 0.0677 e. The Morgan fingerprint density at radius 1 is 1.19 bits per heavy atom. The van der Waals surface area contributed by atoms with Gasteiger partial charge in [-0.1, -0.05) is 0 Å². The highest BCUT2D eigenvalue weighted by atomic mass is 32.1. The van der Waals surface area contributed by atoms with Crippen LogP contribution in [-0.4, -0.2) is 7.05 Å². The average molecular weight is 251 g/mol. The zero-order valence-electron chi connectivity index (χ0n) is 10.1. The van der Waals surface area contributed by atoms with Gasteiger partial charge in [0.2, 0.25) is 0 Å². The molecule has 0 saturated heterocycles. The van der Waals surface area contributed by atoms with E-state index < -0.39 is 0 Å². The fourth-order valence-corrected chi connectivity index (χ4v) is 3.74. The predicted molar refractivity (Wildman–Crippen MR) is 73.8 cm³/mol. The van der Waals surface area contributed by atoms with E-state index in [0.717, 1.165) is 0 Å². The van der Waals surface area contributed by atoms with Crippen LogP contribution in [0.3, 0.4) is 0 Å². The highest BCUT2D eigenvalue weighted by Crippen LogP contribution is 2.32. The summed E-state index contributed by atoms with van der Waals surface area (Å²) in [5.41, 5.74) is 2.78. The molecule has 0 saturated carbocycles. The van der Waals surface area contributed by atoms with Crippen LogP contribution in [-0.2, 0) is 0 Å². The van der Waals surface area contributed by atoms with E-state index in [9.17, 15) is 0 Å². The fraction of sp³-hybridized carbons (Fsp3) is 0.385. The Labute approximate surface area is 105 Å². The minimum atomic E-state index is 0.349. The van der Waals surface area contributed by atoms with Gasteiger partial charge in [0, 0.05) is 14.6 Å². The van der Waals surface area contributed by atoms with Crippen LogP contribution in [0.25, 0.3) is 0 Å². The fourth-order valence-electron chi connectivity index (χ4n) is 1.83. The molecule has 0 radical (unpaired) electrons. The van der Waals surface area contributed by atoms with Crippen molar-refractivity contribution in [3.05, 3.63) is 43.3 Å². The van der Waals surface area contributed by atoms with E-state index in [1.165, 1.54) is 25.8 Å². The van der Waals surface area contributed by atoms with Crippen LogP contribution in [0.1, 0.15) is 31.8 Å². The Balaban J connectivity index is 2.36. The van der Waals surface area contributed by atoms with Crippen LogP contribution in [0.2, 0.25) is 0 Å². The molecule has 2 heterocycles. The summed E-state index contributed by atoms with van der Waals surface area (Å²) >= 11 is 3.71. The van der Waals surface area contributed by atoms with Crippen LogP contribution in [0.4, 0.5) is 0 Å². The van der Waals surface area contributed by atoms with Gasteiger partial charge in [0.05, 0.1) is 6.04 Å². The lowest BCUT2D eigenvalue weighted by Gasteiger charge is -2.12. The summed E-state index contributed by atoms with van der Waals surface area (Å²) in [6.45, 7) is 6.53. The highest BCUT2D eigenvalue weighted by Gasteiger charge is 2.16. The van der Waals surface area contributed by atoms with E-state index >= 15 is 0 Å². The number of hydrogen-bond acceptors (Lipinski definition) is 3. The van der Waals surface area contributed by atoms with Crippen molar-refractivity contribution in [1.82, 2.24) is 5.32 Å². The Hall–Kier alpha value is -0.640. The molecule has 1 N–H and O–H groups in total. The van der Waals surface area contributed by atoms with Crippen LogP contribution in [0.15, 0.2) is 17.5 Å². The van der Waals surface area contributed by atoms with Crippen molar-refractivity contribution in [3.63, 3.8) is 0 Å². The zero-order chi connectivity index (χ0) is 11.7. The summed E-state index contributed by atoms with van der Waals surface area (Å²) in [4.78, 5) is 4.21. The van der Waals surface area contributed by atoms with E-state index in [1.807, 2.05) is 29.7 Å². The molecule has 3 heteroatoms. The van der Waals surface area contributed by atoms with Gasteiger partial charge in [0.15, 0.2) is 0 Å². The molecule has 2 rings (SSSR count). The molecular formula is C13H17NS2. The Bertz CT molecular complexity index is 462. The van der Waals surface area contributed by atoms with Gasteiger partial charge in [-0.25, -0.2) is 0 Å². The van der Waals surface area contributed by atoms with Crippen molar-refractivity contribution in [2.45, 2.75) is 26.8 Å². The van der Waals surface area contributed by atoms with Gasteiger partial charge < -0.3 is 5.32 Å². The van der Waals surface area contributed by atoms with Crippen LogP contribution in [0, 0.1) is 20.8 Å². The monoisotopic (exact) mass is 251 g/mol. The molecule has 0 bridgehead atoms. The summed E-state index contributed by atoms with van der Waals surface area (Å²) in [5, 5.41) is 5.66. The molecule has 2 aromatic rings. The van der Waals surface area contributed by atoms with E-state index in [0.29, 0.717) is 6.04 Å². The second-order valence-electron chi connectivity index (χ2n) is 4.10. The second kappa shape index (κ2) is 4.70. The Morgan fingerprint density at radius 3 is 2.38 bits per heavy atom. The molecule has 0 fully saturated rings. The minimum absolute atomic E-state index is 0.349. The lowest BCUT2D eigenvalue weighted by Crippen LogP contribution is -2.15. The summed E-state index contributed by atoms with van der Waals surface area (Å²) in [7, 11) is 2.03. The third-order valence-corrected chi connectivity index (χ3v) is 4.94. The van der Waals surface area contributed by atoms with Crippen molar-refractivity contribution >= 4 is 22.7 Å². The first-order chi connectivity index (χ1) is 7.61. The van der Waals surface area contributed by atoms with Gasteiger partial charge in [0.25, 0.3) is 0 Å². The van der Waals surface area contributed by atoms with Crippen molar-refractivity contribution in [3.8, 4) is 0 Å². The van der Waals surface area contributed by atoms with Crippen LogP contribution < -0.4 is 5.32 Å². The molecule has 0 aliphatic rings. The molecule has 0 spiro atoms. The zero-order valence-corrected chi connectivity index (χ0v) is 11.8. The van der Waals surface area contributed by atoms with E-state index in [1.54, 1.807) is 0 Å². The minimum Gasteiger partial charge on any atom is -0.309 e. The molecule has 1 unspecified atom stereocenters. The maximum Gasteiger partial charge on any atom is 0.0677 e. The van der Waals surface area contributed by atoms with Crippen molar-refractivity contribution in [2.75, 3.05) is 7.05 Å². The number of rotatable bonds is 3. The standard InChI is InChI=1S/C13H17NS2/c1-8-5-12(16-10(8)3)13(14-4)11-6-9(2)15-7-11/h5-7,13-14H,1-4H3. The molecule has 2 aromatic heterocycles. The number of thiophene rings is 2. The molecule has 1 atom stereocenters. The SMILES string of the molecule is CNC(c1csc(C)c1)c1cc(C)c(C)s1. The normalized spacial score (nSPS) is 13.0. The lowest BCUT2D eigenvalue weighted by atomic mass is 10.1. The van der Waals surface area contributed by atoms with E-state index in [2.05, 4.69) is 43.6 Å². The topological polar surface area (TPSA) is 12.0 Å². The van der Waals surface area contributed by atoms with Crippen molar-refractivity contribution < 1.29 is 0 Å².